The van der Waals surface area contributed by atoms with Crippen molar-refractivity contribution >= 4 is 84.3 Å². The second-order valence-electron chi connectivity index (χ2n) is 18.6. The fourth-order valence-electron chi connectivity index (χ4n) is 8.43. The van der Waals surface area contributed by atoms with Gasteiger partial charge in [-0.1, -0.05) is 0 Å². The predicted octanol–water partition coefficient (Wildman–Crippen LogP) is 3.81. The molecule has 9 rings (SSSR count). The zero-order valence-corrected chi connectivity index (χ0v) is 44.4. The number of benzene rings is 4. The van der Waals surface area contributed by atoms with Crippen LogP contribution in [0.5, 0.6) is 0 Å². The Morgan fingerprint density at radius 1 is 0.405 bits per heavy atom. The topological polar surface area (TPSA) is 312 Å². The van der Waals surface area contributed by atoms with Gasteiger partial charge in [0.05, 0.1) is 19.6 Å². The molecule has 0 fully saturated rings. The van der Waals surface area contributed by atoms with Crippen LogP contribution in [0.1, 0.15) is 19.3 Å². The van der Waals surface area contributed by atoms with Crippen molar-refractivity contribution in [1.82, 2.24) is 68.7 Å². The average Bonchev–Trinajstić information content (AvgIpc) is 4.07. The maximum Gasteiger partial charge on any atom is 0.294 e. The molecular formula is C47H54N14O9S4. The average molecular weight is 1090 g/mol. The van der Waals surface area contributed by atoms with Gasteiger partial charge in [-0.2, -0.15) is 8.42 Å². The van der Waals surface area contributed by atoms with E-state index in [2.05, 4.69) is 24.1 Å². The molecule has 4 aromatic carbocycles. The minimum absolute atomic E-state index is 0.00897. The van der Waals surface area contributed by atoms with E-state index in [9.17, 15) is 38.2 Å². The largest absolute Gasteiger partial charge is 0.324 e. The van der Waals surface area contributed by atoms with Crippen LogP contribution in [0.3, 0.4) is 0 Å². The molecule has 0 amide bonds. The third kappa shape index (κ3) is 11.1. The summed E-state index contributed by atoms with van der Waals surface area (Å²) in [7, 11) is -5.60. The van der Waals surface area contributed by atoms with Gasteiger partial charge in [-0.3, -0.25) is 4.55 Å². The summed E-state index contributed by atoms with van der Waals surface area (Å²) in [5.41, 5.74) is 1.64. The maximum atomic E-state index is 13.8. The summed E-state index contributed by atoms with van der Waals surface area (Å²) in [5.74, 6) is 0.00946. The Labute approximate surface area is 427 Å². The summed E-state index contributed by atoms with van der Waals surface area (Å²) in [6.45, 7) is 2.45. The molecule has 6 N–H and O–H groups in total. The van der Waals surface area contributed by atoms with Crippen molar-refractivity contribution in [2.75, 3.05) is 81.6 Å². The molecule has 74 heavy (non-hydrogen) atoms. The summed E-state index contributed by atoms with van der Waals surface area (Å²) in [6, 6.07) is 17.0. The van der Waals surface area contributed by atoms with Crippen LogP contribution in [0.25, 0.3) is 89.7 Å². The van der Waals surface area contributed by atoms with Crippen molar-refractivity contribution in [1.29, 1.82) is 0 Å². The first-order valence-corrected chi connectivity index (χ1v) is 29.2. The molecule has 0 aliphatic carbocycles. The lowest BCUT2D eigenvalue weighted by molar-refractivity contribution is 0.400. The van der Waals surface area contributed by atoms with E-state index >= 15 is 0 Å². The molecule has 8 bridgehead atoms. The maximum absolute atomic E-state index is 13.8. The Morgan fingerprint density at radius 2 is 0.730 bits per heavy atom. The zero-order valence-electron chi connectivity index (χ0n) is 41.2. The van der Waals surface area contributed by atoms with Crippen LogP contribution in [-0.4, -0.2) is 174 Å². The molecule has 5 heterocycles. The van der Waals surface area contributed by atoms with Crippen molar-refractivity contribution in [2.24, 2.45) is 0 Å². The number of nitrogens with one attached hydrogen (secondary N) is 5. The first-order valence-electron chi connectivity index (χ1n) is 23.3. The molecule has 0 saturated heterocycles. The van der Waals surface area contributed by atoms with Gasteiger partial charge in [0.1, 0.15) is 22.6 Å². The predicted molar refractivity (Wildman–Crippen MR) is 281 cm³/mol. The number of nitrogens with zero attached hydrogens (tertiary/aromatic N) is 9. The smallest absolute Gasteiger partial charge is 0.294 e. The lowest BCUT2D eigenvalue weighted by atomic mass is 10.1. The summed E-state index contributed by atoms with van der Waals surface area (Å²) >= 11 is 0. The van der Waals surface area contributed by atoms with Gasteiger partial charge in [-0.05, 0) is 154 Å². The lowest BCUT2D eigenvalue weighted by Gasteiger charge is -2.11. The lowest BCUT2D eigenvalue weighted by Crippen LogP contribution is -2.27. The van der Waals surface area contributed by atoms with Crippen molar-refractivity contribution in [3.63, 3.8) is 0 Å². The fourth-order valence-corrected chi connectivity index (χ4v) is 12.2. The summed E-state index contributed by atoms with van der Waals surface area (Å²) < 4.78 is 126. The van der Waals surface area contributed by atoms with Gasteiger partial charge in [0, 0.05) is 63.4 Å². The Morgan fingerprint density at radius 3 is 1.14 bits per heavy atom. The SMILES string of the molecule is CN(C)CCCNS(=O)(=O)c1ccc2c(c1)-c1nc3nc(nc4[nH]c(nc5[nH]c(nc-2n1)c1cc(S(=O)(=O)NCCCN(C)C)ccc51)c1ccc(S(=O)(=O)O)cc41)-c1cc(S(=O)(=O)NCCCN(C)C)ccc1-3. The van der Waals surface area contributed by atoms with E-state index in [-0.39, 0.29) is 96.7 Å². The first kappa shape index (κ1) is 52.6. The standard InChI is InChI=1S/C47H54N14O9S4/c1-59(2)21-7-18-48-71(62,63)28-10-14-32-36(24-28)44-52-40(32)51-41-35-17-13-31(74(68,69)70)27-39(35)47(53-41)58-46-38-26-30(73(66,67)50-20-9-23-61(5)6)12-16-34(38)43(57-46)56-45-37-25-29(11-15-33(37)42(54-44)55-45)72(64,65)49-19-8-22-60(3)4/h10-17,24-27,48-50H,7-9,18-23H2,1-6H3,(H,68,69,70)(H2,51,52,53,54,55,56,57,58). The number of aromatic nitrogens is 8. The third-order valence-electron chi connectivity index (χ3n) is 12.2. The molecule has 0 spiro atoms. The monoisotopic (exact) mass is 1090 g/mol. The molecule has 0 radical (unpaired) electrons. The van der Waals surface area contributed by atoms with Crippen molar-refractivity contribution in [2.45, 2.75) is 38.8 Å². The highest BCUT2D eigenvalue weighted by Crippen LogP contribution is 2.40. The minimum Gasteiger partial charge on any atom is -0.324 e. The normalized spacial score (nSPS) is 13.2. The van der Waals surface area contributed by atoms with Crippen LogP contribution in [0.4, 0.5) is 0 Å². The number of hydrogen-bond acceptors (Lipinski definition) is 17. The minimum atomic E-state index is -4.74. The van der Waals surface area contributed by atoms with Gasteiger partial charge in [-0.15, -0.1) is 0 Å². The Balaban J connectivity index is 1.32. The Bertz CT molecular complexity index is 4020. The number of fused-ring (bicyclic) bond motifs is 20. The van der Waals surface area contributed by atoms with Crippen LogP contribution >= 0.6 is 0 Å². The molecule has 0 unspecified atom stereocenters. The molecule has 3 aromatic heterocycles. The van der Waals surface area contributed by atoms with Gasteiger partial charge in [0.25, 0.3) is 10.1 Å². The van der Waals surface area contributed by atoms with E-state index < -0.39 is 45.1 Å². The van der Waals surface area contributed by atoms with Crippen LogP contribution in [0, 0.1) is 0 Å². The Hall–Kier alpha value is -6.24. The quantitative estimate of drug-likeness (QED) is 0.0495. The molecule has 390 valence electrons. The first-order chi connectivity index (χ1) is 35.0. The van der Waals surface area contributed by atoms with Crippen LogP contribution in [0.15, 0.2) is 92.4 Å². The summed E-state index contributed by atoms with van der Waals surface area (Å²) in [6.07, 6.45) is 1.64. The number of rotatable bonds is 19. The van der Waals surface area contributed by atoms with Gasteiger partial charge < -0.3 is 24.7 Å². The van der Waals surface area contributed by atoms with Gasteiger partial charge in [0.15, 0.2) is 23.3 Å². The molecule has 0 atom stereocenters. The summed E-state index contributed by atoms with van der Waals surface area (Å²) in [5, 5.41) is 1.26. The second kappa shape index (κ2) is 20.5. The van der Waals surface area contributed by atoms with Crippen LogP contribution in [-0.2, 0) is 40.2 Å². The van der Waals surface area contributed by atoms with Gasteiger partial charge in [0.2, 0.25) is 30.1 Å². The molecular weight excluding hydrogens is 1030 g/mol. The van der Waals surface area contributed by atoms with E-state index in [1.54, 1.807) is 12.1 Å². The van der Waals surface area contributed by atoms with E-state index in [1.807, 2.05) is 57.0 Å². The van der Waals surface area contributed by atoms with Crippen LogP contribution in [0.2, 0.25) is 0 Å². The second-order valence-corrected chi connectivity index (χ2v) is 25.3. The van der Waals surface area contributed by atoms with Gasteiger partial charge in [-0.25, -0.2) is 69.3 Å². The van der Waals surface area contributed by atoms with E-state index in [1.165, 1.54) is 60.7 Å². The summed E-state index contributed by atoms with van der Waals surface area (Å²) in [4.78, 5) is 40.8. The van der Waals surface area contributed by atoms with E-state index in [0.717, 1.165) is 0 Å². The van der Waals surface area contributed by atoms with Crippen LogP contribution < -0.4 is 14.2 Å². The van der Waals surface area contributed by atoms with Gasteiger partial charge >= 0.3 is 0 Å². The van der Waals surface area contributed by atoms with E-state index in [4.69, 9.17) is 29.9 Å². The van der Waals surface area contributed by atoms with Crippen molar-refractivity contribution in [3.05, 3.63) is 72.8 Å². The number of sulfonamides is 3. The molecule has 7 aromatic rings. The fraction of sp³-hybridized carbons (Fsp3) is 0.319. The third-order valence-corrected chi connectivity index (χ3v) is 17.4. The molecule has 23 nitrogen and oxygen atoms in total. The Kier molecular flexibility index (Phi) is 14.6. The van der Waals surface area contributed by atoms with Crippen molar-refractivity contribution < 1.29 is 38.2 Å². The van der Waals surface area contributed by atoms with E-state index in [0.29, 0.717) is 66.2 Å². The van der Waals surface area contributed by atoms with Crippen molar-refractivity contribution in [3.8, 4) is 45.6 Å². The molecule has 0 saturated carbocycles. The number of H-pyrrole nitrogens is 2. The highest BCUT2D eigenvalue weighted by atomic mass is 32.2. The number of hydrogen-bond donors (Lipinski definition) is 6. The highest BCUT2D eigenvalue weighted by molar-refractivity contribution is 7.90. The highest BCUT2D eigenvalue weighted by Gasteiger charge is 2.28. The zero-order chi connectivity index (χ0) is 52.9. The molecule has 27 heteroatoms. The molecule has 2 aliphatic heterocycles. The number of aromatic amines is 2. The molecule has 2 aliphatic rings.